The average Bonchev–Trinajstić information content (AvgIpc) is 2.68. The molecule has 0 amide bonds. The first-order chi connectivity index (χ1) is 13.1. The van der Waals surface area contributed by atoms with Crippen molar-refractivity contribution in [3.8, 4) is 11.4 Å². The molecule has 0 spiro atoms. The first-order valence-corrected chi connectivity index (χ1v) is 8.40. The lowest BCUT2D eigenvalue weighted by Gasteiger charge is -2.12. The Morgan fingerprint density at radius 3 is 2.63 bits per heavy atom. The molecule has 2 aromatic carbocycles. The SMILES string of the molecule is COc1ccc(N/C(=C\C=N)c2nn(-c3cccc(C)c3)ccc2=O)cc1. The quantitative estimate of drug-likeness (QED) is 0.658. The maximum absolute atomic E-state index is 12.4. The molecule has 6 nitrogen and oxygen atoms in total. The summed E-state index contributed by atoms with van der Waals surface area (Å²) in [6, 6.07) is 16.6. The van der Waals surface area contributed by atoms with E-state index in [0.29, 0.717) is 5.70 Å². The van der Waals surface area contributed by atoms with Gasteiger partial charge in [-0.05, 0) is 55.0 Å². The van der Waals surface area contributed by atoms with Gasteiger partial charge in [-0.1, -0.05) is 12.1 Å². The van der Waals surface area contributed by atoms with Crippen LogP contribution in [0.15, 0.2) is 71.7 Å². The molecule has 0 saturated carbocycles. The molecule has 136 valence electrons. The van der Waals surface area contributed by atoms with Crippen LogP contribution in [-0.4, -0.2) is 23.1 Å². The molecule has 0 bridgehead atoms. The Balaban J connectivity index is 1.99. The Bertz CT molecular complexity index is 1040. The number of benzene rings is 2. The highest BCUT2D eigenvalue weighted by atomic mass is 16.5. The zero-order valence-corrected chi connectivity index (χ0v) is 15.1. The molecule has 1 heterocycles. The second-order valence-corrected chi connectivity index (χ2v) is 5.91. The number of nitrogens with zero attached hydrogens (tertiary/aromatic N) is 2. The van der Waals surface area contributed by atoms with Crippen LogP contribution in [0.2, 0.25) is 0 Å². The lowest BCUT2D eigenvalue weighted by molar-refractivity contribution is 0.415. The van der Waals surface area contributed by atoms with E-state index >= 15 is 0 Å². The van der Waals surface area contributed by atoms with Gasteiger partial charge in [-0.2, -0.15) is 5.10 Å². The van der Waals surface area contributed by atoms with Crippen LogP contribution in [0.4, 0.5) is 5.69 Å². The van der Waals surface area contributed by atoms with Crippen molar-refractivity contribution in [1.82, 2.24) is 9.78 Å². The van der Waals surface area contributed by atoms with Crippen molar-refractivity contribution in [2.45, 2.75) is 6.92 Å². The van der Waals surface area contributed by atoms with Crippen molar-refractivity contribution in [2.24, 2.45) is 0 Å². The molecule has 0 fully saturated rings. The van der Waals surface area contributed by atoms with Crippen LogP contribution in [0.25, 0.3) is 11.4 Å². The van der Waals surface area contributed by atoms with Crippen LogP contribution in [0.5, 0.6) is 5.75 Å². The van der Waals surface area contributed by atoms with Gasteiger partial charge in [0.25, 0.3) is 0 Å². The maximum Gasteiger partial charge on any atom is 0.209 e. The number of aryl methyl sites for hydroxylation is 1. The van der Waals surface area contributed by atoms with E-state index in [1.165, 1.54) is 12.1 Å². The summed E-state index contributed by atoms with van der Waals surface area (Å²) in [6.45, 7) is 2.00. The number of methoxy groups -OCH3 is 1. The Hall–Kier alpha value is -3.67. The van der Waals surface area contributed by atoms with Crippen molar-refractivity contribution in [3.05, 3.63) is 88.4 Å². The Morgan fingerprint density at radius 1 is 1.19 bits per heavy atom. The molecule has 3 aromatic rings. The van der Waals surface area contributed by atoms with E-state index in [0.717, 1.165) is 28.9 Å². The third kappa shape index (κ3) is 4.30. The molecule has 0 aliphatic rings. The zero-order valence-electron chi connectivity index (χ0n) is 15.1. The summed E-state index contributed by atoms with van der Waals surface area (Å²) < 4.78 is 6.81. The Morgan fingerprint density at radius 2 is 1.96 bits per heavy atom. The van der Waals surface area contributed by atoms with Gasteiger partial charge < -0.3 is 15.5 Å². The summed E-state index contributed by atoms with van der Waals surface area (Å²) in [5, 5.41) is 15.1. The van der Waals surface area contributed by atoms with Crippen molar-refractivity contribution >= 4 is 17.6 Å². The molecular weight excluding hydrogens is 340 g/mol. The van der Waals surface area contributed by atoms with Crippen LogP contribution in [0, 0.1) is 12.3 Å². The van der Waals surface area contributed by atoms with Gasteiger partial charge in [0.05, 0.1) is 18.5 Å². The second-order valence-electron chi connectivity index (χ2n) is 5.91. The van der Waals surface area contributed by atoms with Crippen LogP contribution in [0.3, 0.4) is 0 Å². The minimum atomic E-state index is -0.229. The van der Waals surface area contributed by atoms with Crippen LogP contribution in [-0.2, 0) is 0 Å². The van der Waals surface area contributed by atoms with Gasteiger partial charge in [0, 0.05) is 24.2 Å². The molecule has 0 saturated heterocycles. The van der Waals surface area contributed by atoms with Crippen LogP contribution >= 0.6 is 0 Å². The molecule has 6 heteroatoms. The lowest BCUT2D eigenvalue weighted by Crippen LogP contribution is -2.18. The summed E-state index contributed by atoms with van der Waals surface area (Å²) in [4.78, 5) is 12.4. The Kier molecular flexibility index (Phi) is 5.47. The Labute approximate surface area is 157 Å². The van der Waals surface area contributed by atoms with E-state index in [9.17, 15) is 4.79 Å². The molecule has 0 aliphatic carbocycles. The minimum Gasteiger partial charge on any atom is -0.497 e. The standard InChI is InChI=1S/C21H20N4O2/c1-15-4-3-5-17(14-15)25-13-11-20(26)21(24-25)19(10-12-22)23-16-6-8-18(27-2)9-7-16/h3-14,22-23H,1-2H3/b19-10-,22-12?. The lowest BCUT2D eigenvalue weighted by atomic mass is 10.2. The highest BCUT2D eigenvalue weighted by molar-refractivity contribution is 5.86. The fourth-order valence-corrected chi connectivity index (χ4v) is 2.60. The van der Waals surface area contributed by atoms with Gasteiger partial charge in [0.1, 0.15) is 5.75 Å². The number of aromatic nitrogens is 2. The molecule has 0 aliphatic heterocycles. The van der Waals surface area contributed by atoms with Gasteiger partial charge in [0.15, 0.2) is 5.69 Å². The molecular formula is C21H20N4O2. The van der Waals surface area contributed by atoms with E-state index in [1.807, 2.05) is 55.5 Å². The fraction of sp³-hybridized carbons (Fsp3) is 0.0952. The fourth-order valence-electron chi connectivity index (χ4n) is 2.60. The normalized spacial score (nSPS) is 11.1. The molecule has 27 heavy (non-hydrogen) atoms. The van der Waals surface area contributed by atoms with E-state index < -0.39 is 0 Å². The topological polar surface area (TPSA) is 80.0 Å². The summed E-state index contributed by atoms with van der Waals surface area (Å²) >= 11 is 0. The average molecular weight is 360 g/mol. The number of rotatable bonds is 6. The second kappa shape index (κ2) is 8.14. The predicted molar refractivity (Wildman–Crippen MR) is 108 cm³/mol. The molecule has 3 rings (SSSR count). The molecule has 0 atom stereocenters. The van der Waals surface area contributed by atoms with E-state index in [4.69, 9.17) is 10.1 Å². The zero-order chi connectivity index (χ0) is 19.2. The first kappa shape index (κ1) is 18.1. The number of anilines is 1. The van der Waals surface area contributed by atoms with Crippen molar-refractivity contribution < 1.29 is 4.74 Å². The predicted octanol–water partition coefficient (Wildman–Crippen LogP) is 3.65. The highest BCUT2D eigenvalue weighted by Crippen LogP contribution is 2.19. The highest BCUT2D eigenvalue weighted by Gasteiger charge is 2.10. The number of allylic oxidation sites excluding steroid dienone is 1. The maximum atomic E-state index is 12.4. The molecule has 1 aromatic heterocycles. The smallest absolute Gasteiger partial charge is 0.209 e. The number of hydrogen-bond donors (Lipinski definition) is 2. The third-order valence-corrected chi connectivity index (χ3v) is 3.95. The molecule has 2 N–H and O–H groups in total. The van der Waals surface area contributed by atoms with Gasteiger partial charge in [0.2, 0.25) is 5.43 Å². The van der Waals surface area contributed by atoms with Crippen molar-refractivity contribution in [1.29, 1.82) is 5.41 Å². The largest absolute Gasteiger partial charge is 0.497 e. The van der Waals surface area contributed by atoms with E-state index in [1.54, 1.807) is 18.0 Å². The third-order valence-electron chi connectivity index (χ3n) is 3.95. The van der Waals surface area contributed by atoms with Gasteiger partial charge in [-0.15, -0.1) is 0 Å². The van der Waals surface area contributed by atoms with Gasteiger partial charge in [-0.25, -0.2) is 4.68 Å². The first-order valence-electron chi connectivity index (χ1n) is 8.40. The summed E-state index contributed by atoms with van der Waals surface area (Å²) in [5.74, 6) is 0.734. The number of ether oxygens (including phenoxy) is 1. The van der Waals surface area contributed by atoms with Gasteiger partial charge in [-0.3, -0.25) is 4.79 Å². The van der Waals surface area contributed by atoms with E-state index in [-0.39, 0.29) is 11.1 Å². The van der Waals surface area contributed by atoms with Crippen LogP contribution < -0.4 is 15.5 Å². The monoisotopic (exact) mass is 360 g/mol. The summed E-state index contributed by atoms with van der Waals surface area (Å²) in [6.07, 6.45) is 4.27. The minimum absolute atomic E-state index is 0.229. The molecule has 0 radical (unpaired) electrons. The van der Waals surface area contributed by atoms with Crippen molar-refractivity contribution in [2.75, 3.05) is 12.4 Å². The number of nitrogens with one attached hydrogen (secondary N) is 2. The molecule has 0 unspecified atom stereocenters. The van der Waals surface area contributed by atoms with Crippen LogP contribution in [0.1, 0.15) is 11.3 Å². The number of hydrogen-bond acceptors (Lipinski definition) is 5. The van der Waals surface area contributed by atoms with Crippen molar-refractivity contribution in [3.63, 3.8) is 0 Å². The van der Waals surface area contributed by atoms with Gasteiger partial charge >= 0.3 is 0 Å². The summed E-state index contributed by atoms with van der Waals surface area (Å²) in [7, 11) is 1.60. The summed E-state index contributed by atoms with van der Waals surface area (Å²) in [5.41, 5.74) is 3.17. The van der Waals surface area contributed by atoms with E-state index in [2.05, 4.69) is 10.4 Å².